The number of rotatable bonds is 4. The Kier molecular flexibility index (Phi) is 3.48. The Morgan fingerprint density at radius 3 is 2.81 bits per heavy atom. The van der Waals surface area contributed by atoms with Crippen LogP contribution in [0.2, 0.25) is 0 Å². The Balaban J connectivity index is 1.76. The summed E-state index contributed by atoms with van der Waals surface area (Å²) < 4.78 is 2.08. The predicted molar refractivity (Wildman–Crippen MR) is 78.0 cm³/mol. The van der Waals surface area contributed by atoms with Crippen LogP contribution in [0.4, 0.5) is 0 Å². The van der Waals surface area contributed by atoms with Crippen molar-refractivity contribution in [2.24, 2.45) is 5.73 Å². The molecule has 0 amide bonds. The number of aliphatic carboxylic acids is 1. The summed E-state index contributed by atoms with van der Waals surface area (Å²) in [5.41, 5.74) is 6.95. The maximum Gasteiger partial charge on any atom is 0.325 e. The number of carbonyl (C=O) groups is 1. The third kappa shape index (κ3) is 2.68. The van der Waals surface area contributed by atoms with Gasteiger partial charge in [-0.1, -0.05) is 0 Å². The average Bonchev–Trinajstić information content (AvgIpc) is 3.08. The topological polar surface area (TPSA) is 84.4 Å². The molecular formula is C15H18N4O2. The van der Waals surface area contributed by atoms with Gasteiger partial charge in [-0.25, -0.2) is 0 Å². The molecule has 0 aromatic carbocycles. The molecule has 3 N–H and O–H groups in total. The van der Waals surface area contributed by atoms with Crippen molar-refractivity contribution in [3.8, 4) is 5.69 Å². The second kappa shape index (κ2) is 5.31. The third-order valence-corrected chi connectivity index (χ3v) is 3.97. The molecule has 0 saturated carbocycles. The molecule has 3 rings (SSSR count). The van der Waals surface area contributed by atoms with Crippen molar-refractivity contribution in [1.82, 2.24) is 14.5 Å². The lowest BCUT2D eigenvalue weighted by molar-refractivity contribution is -0.142. The van der Waals surface area contributed by atoms with Crippen molar-refractivity contribution in [2.75, 3.05) is 13.1 Å². The summed E-state index contributed by atoms with van der Waals surface area (Å²) in [5.74, 6) is -0.922. The Morgan fingerprint density at radius 1 is 1.38 bits per heavy atom. The summed E-state index contributed by atoms with van der Waals surface area (Å²) in [4.78, 5) is 17.3. The van der Waals surface area contributed by atoms with Gasteiger partial charge in [-0.05, 0) is 30.7 Å². The number of hydrogen-bond donors (Lipinski definition) is 2. The molecule has 1 atom stereocenters. The maximum atomic E-state index is 11.2. The fraction of sp³-hybridized carbons (Fsp3) is 0.333. The molecule has 110 valence electrons. The molecule has 1 saturated heterocycles. The van der Waals surface area contributed by atoms with Gasteiger partial charge >= 0.3 is 5.97 Å². The third-order valence-electron chi connectivity index (χ3n) is 3.97. The number of nitrogens with two attached hydrogens (primary N) is 1. The Bertz CT molecular complexity index is 640. The highest BCUT2D eigenvalue weighted by Gasteiger charge is 2.41. The van der Waals surface area contributed by atoms with Gasteiger partial charge in [-0.2, -0.15) is 0 Å². The van der Waals surface area contributed by atoms with Crippen LogP contribution in [-0.2, 0) is 11.3 Å². The zero-order valence-electron chi connectivity index (χ0n) is 11.6. The van der Waals surface area contributed by atoms with Crippen molar-refractivity contribution in [1.29, 1.82) is 0 Å². The molecule has 1 aliphatic heterocycles. The van der Waals surface area contributed by atoms with Gasteiger partial charge in [0.15, 0.2) is 0 Å². The molecule has 0 spiro atoms. The lowest BCUT2D eigenvalue weighted by atomic mass is 10.0. The molecule has 2 aromatic heterocycles. The number of likely N-dealkylation sites (tertiary alicyclic amines) is 1. The molecule has 21 heavy (non-hydrogen) atoms. The second-order valence-electron chi connectivity index (χ2n) is 5.50. The van der Waals surface area contributed by atoms with E-state index in [1.165, 1.54) is 0 Å². The number of pyridine rings is 1. The van der Waals surface area contributed by atoms with Crippen molar-refractivity contribution < 1.29 is 9.90 Å². The van der Waals surface area contributed by atoms with E-state index in [0.717, 1.165) is 11.4 Å². The van der Waals surface area contributed by atoms with Crippen LogP contribution in [0.15, 0.2) is 42.9 Å². The van der Waals surface area contributed by atoms with Crippen LogP contribution in [-0.4, -0.2) is 44.2 Å². The minimum absolute atomic E-state index is 0.379. The summed E-state index contributed by atoms with van der Waals surface area (Å²) in [6.07, 6.45) is 5.99. The Morgan fingerprint density at radius 2 is 2.14 bits per heavy atom. The summed E-state index contributed by atoms with van der Waals surface area (Å²) in [5, 5.41) is 9.19. The summed E-state index contributed by atoms with van der Waals surface area (Å²) >= 11 is 0. The van der Waals surface area contributed by atoms with Gasteiger partial charge in [0, 0.05) is 49.6 Å². The highest BCUT2D eigenvalue weighted by molar-refractivity contribution is 5.79. The molecule has 0 bridgehead atoms. The van der Waals surface area contributed by atoms with E-state index in [0.29, 0.717) is 26.1 Å². The number of hydrogen-bond acceptors (Lipinski definition) is 4. The predicted octanol–water partition coefficient (Wildman–Crippen LogP) is 0.860. The van der Waals surface area contributed by atoms with Crippen LogP contribution in [0.25, 0.3) is 5.69 Å². The largest absolute Gasteiger partial charge is 0.480 e. The van der Waals surface area contributed by atoms with Crippen LogP contribution in [0.3, 0.4) is 0 Å². The first-order chi connectivity index (χ1) is 10.1. The van der Waals surface area contributed by atoms with E-state index >= 15 is 0 Å². The lowest BCUT2D eigenvalue weighted by Gasteiger charge is -2.20. The molecule has 1 unspecified atom stereocenters. The first-order valence-corrected chi connectivity index (χ1v) is 6.90. The number of carboxylic acids is 1. The molecule has 2 aromatic rings. The Hall–Kier alpha value is -2.18. The van der Waals surface area contributed by atoms with Crippen molar-refractivity contribution in [3.05, 3.63) is 48.5 Å². The molecule has 1 aliphatic rings. The molecule has 0 aliphatic carbocycles. The fourth-order valence-corrected chi connectivity index (χ4v) is 2.76. The van der Waals surface area contributed by atoms with Crippen LogP contribution in [0.1, 0.15) is 12.1 Å². The van der Waals surface area contributed by atoms with Crippen LogP contribution >= 0.6 is 0 Å². The maximum absolute atomic E-state index is 11.2. The van der Waals surface area contributed by atoms with Gasteiger partial charge in [-0.15, -0.1) is 0 Å². The highest BCUT2D eigenvalue weighted by Crippen LogP contribution is 2.22. The fourth-order valence-electron chi connectivity index (χ4n) is 2.76. The average molecular weight is 286 g/mol. The van der Waals surface area contributed by atoms with Gasteiger partial charge in [0.2, 0.25) is 0 Å². The van der Waals surface area contributed by atoms with Gasteiger partial charge in [0.1, 0.15) is 5.54 Å². The van der Waals surface area contributed by atoms with Crippen LogP contribution in [0.5, 0.6) is 0 Å². The SMILES string of the molecule is NC1(C(=O)O)CCN(Cc2cccn2-c2ccncc2)C1. The molecule has 6 heteroatoms. The minimum Gasteiger partial charge on any atom is -0.480 e. The zero-order valence-corrected chi connectivity index (χ0v) is 11.6. The smallest absolute Gasteiger partial charge is 0.325 e. The number of carboxylic acid groups (broad SMARTS) is 1. The van der Waals surface area contributed by atoms with E-state index in [2.05, 4.69) is 14.5 Å². The van der Waals surface area contributed by atoms with Gasteiger partial charge in [0.05, 0.1) is 0 Å². The van der Waals surface area contributed by atoms with Gasteiger partial charge in [0.25, 0.3) is 0 Å². The van der Waals surface area contributed by atoms with Crippen LogP contribution in [0, 0.1) is 0 Å². The van der Waals surface area contributed by atoms with E-state index < -0.39 is 11.5 Å². The van der Waals surface area contributed by atoms with Crippen molar-refractivity contribution >= 4 is 5.97 Å². The molecule has 0 radical (unpaired) electrons. The first-order valence-electron chi connectivity index (χ1n) is 6.90. The monoisotopic (exact) mass is 286 g/mol. The molecule has 1 fully saturated rings. The minimum atomic E-state index is -1.12. The van der Waals surface area contributed by atoms with Gasteiger partial charge < -0.3 is 15.4 Å². The molecule has 3 heterocycles. The van der Waals surface area contributed by atoms with E-state index in [4.69, 9.17) is 5.73 Å². The lowest BCUT2D eigenvalue weighted by Crippen LogP contribution is -2.50. The summed E-state index contributed by atoms with van der Waals surface area (Å²) in [7, 11) is 0. The Labute approximate surface area is 122 Å². The first kappa shape index (κ1) is 13.8. The summed E-state index contributed by atoms with van der Waals surface area (Å²) in [6, 6.07) is 7.91. The second-order valence-corrected chi connectivity index (χ2v) is 5.50. The molecule has 6 nitrogen and oxygen atoms in total. The van der Waals surface area contributed by atoms with Crippen molar-refractivity contribution in [2.45, 2.75) is 18.5 Å². The number of nitrogens with zero attached hydrogens (tertiary/aromatic N) is 3. The van der Waals surface area contributed by atoms with E-state index in [1.54, 1.807) is 12.4 Å². The van der Waals surface area contributed by atoms with Crippen LogP contribution < -0.4 is 5.73 Å². The standard InChI is InChI=1S/C15H18N4O2/c16-15(14(20)21)5-9-18(11-15)10-13-2-1-8-19(13)12-3-6-17-7-4-12/h1-4,6-8H,5,9-11,16H2,(H,20,21). The highest BCUT2D eigenvalue weighted by atomic mass is 16.4. The molecular weight excluding hydrogens is 268 g/mol. The van der Waals surface area contributed by atoms with Crippen molar-refractivity contribution in [3.63, 3.8) is 0 Å². The quantitative estimate of drug-likeness (QED) is 0.871. The number of aromatic nitrogens is 2. The zero-order chi connectivity index (χ0) is 14.9. The summed E-state index contributed by atoms with van der Waals surface area (Å²) in [6.45, 7) is 1.76. The van der Waals surface area contributed by atoms with E-state index in [-0.39, 0.29) is 0 Å². The van der Waals surface area contributed by atoms with E-state index in [1.807, 2.05) is 30.5 Å². The van der Waals surface area contributed by atoms with Gasteiger partial charge in [-0.3, -0.25) is 14.7 Å². The normalized spacial score (nSPS) is 22.5. The van der Waals surface area contributed by atoms with E-state index in [9.17, 15) is 9.90 Å².